The first-order valence-electron chi connectivity index (χ1n) is 9.71. The lowest BCUT2D eigenvalue weighted by molar-refractivity contribution is -0.140. The topological polar surface area (TPSA) is 96.3 Å². The Hall–Kier alpha value is -3.03. The van der Waals surface area contributed by atoms with E-state index in [-0.39, 0.29) is 28.6 Å². The Balaban J connectivity index is 2.17. The molecule has 8 heteroatoms. The Morgan fingerprint density at radius 2 is 1.90 bits per heavy atom. The average molecular weight is 446 g/mol. The van der Waals surface area contributed by atoms with Crippen molar-refractivity contribution in [1.29, 1.82) is 0 Å². The number of Topliss-reactive ketones (excluding diaryl/α,β-unsaturated/α-hetero) is 1. The van der Waals surface area contributed by atoms with E-state index in [0.717, 1.165) is 0 Å². The van der Waals surface area contributed by atoms with E-state index in [1.54, 1.807) is 38.3 Å². The van der Waals surface area contributed by atoms with Crippen molar-refractivity contribution in [2.45, 2.75) is 19.4 Å². The summed E-state index contributed by atoms with van der Waals surface area (Å²) in [4.78, 5) is 27.2. The first kappa shape index (κ1) is 22.7. The van der Waals surface area contributed by atoms with E-state index in [4.69, 9.17) is 21.1 Å². The summed E-state index contributed by atoms with van der Waals surface area (Å²) in [7, 11) is 3.09. The summed E-state index contributed by atoms with van der Waals surface area (Å²) in [6.07, 6.45) is 0.507. The molecule has 1 atom stereocenters. The highest BCUT2D eigenvalue weighted by atomic mass is 35.5. The molecule has 0 spiro atoms. The Morgan fingerprint density at radius 1 is 1.16 bits per heavy atom. The molecule has 1 fully saturated rings. The number of benzene rings is 2. The van der Waals surface area contributed by atoms with Gasteiger partial charge < -0.3 is 24.6 Å². The number of rotatable bonds is 7. The zero-order chi connectivity index (χ0) is 22.7. The van der Waals surface area contributed by atoms with Crippen LogP contribution < -0.4 is 4.74 Å². The highest BCUT2D eigenvalue weighted by molar-refractivity contribution is 6.46. The standard InChI is InChI=1S/C23H24ClNO6/c1-13-11-15(31-3)6-7-16(13)21(27)19-20(14-5-8-18(26)17(24)12-14)25(9-4-10-30-2)23(29)22(19)28/h5-8,11-12,20,26-27H,4,9-10H2,1-3H3/b21-19-. The third-order valence-electron chi connectivity index (χ3n) is 5.26. The number of aliphatic hydroxyl groups excluding tert-OH is 1. The van der Waals surface area contributed by atoms with Crippen LogP contribution in [0.4, 0.5) is 0 Å². The van der Waals surface area contributed by atoms with Gasteiger partial charge in [-0.3, -0.25) is 9.59 Å². The number of amides is 1. The van der Waals surface area contributed by atoms with Gasteiger partial charge in [-0.25, -0.2) is 0 Å². The normalized spacial score (nSPS) is 17.9. The van der Waals surface area contributed by atoms with Gasteiger partial charge in [0.15, 0.2) is 0 Å². The highest BCUT2D eigenvalue weighted by Crippen LogP contribution is 2.41. The minimum atomic E-state index is -0.851. The van der Waals surface area contributed by atoms with Gasteiger partial charge in [-0.1, -0.05) is 17.7 Å². The summed E-state index contributed by atoms with van der Waals surface area (Å²) in [6, 6.07) is 8.66. The lowest BCUT2D eigenvalue weighted by Crippen LogP contribution is -2.31. The van der Waals surface area contributed by atoms with Crippen molar-refractivity contribution >= 4 is 29.1 Å². The Morgan fingerprint density at radius 3 is 2.52 bits per heavy atom. The number of hydrogen-bond acceptors (Lipinski definition) is 6. The van der Waals surface area contributed by atoms with E-state index >= 15 is 0 Å². The molecule has 2 N–H and O–H groups in total. The number of phenols is 1. The van der Waals surface area contributed by atoms with E-state index in [1.807, 2.05) is 0 Å². The fraction of sp³-hybridized carbons (Fsp3) is 0.304. The van der Waals surface area contributed by atoms with Gasteiger partial charge in [0, 0.05) is 25.8 Å². The molecule has 1 saturated heterocycles. The second-order valence-corrected chi connectivity index (χ2v) is 7.64. The van der Waals surface area contributed by atoms with Crippen LogP contribution in [0, 0.1) is 6.92 Å². The Kier molecular flexibility index (Phi) is 6.87. The van der Waals surface area contributed by atoms with E-state index in [2.05, 4.69) is 0 Å². The maximum absolute atomic E-state index is 13.0. The lowest BCUT2D eigenvalue weighted by atomic mass is 9.93. The summed E-state index contributed by atoms with van der Waals surface area (Å²) in [5, 5.41) is 21.0. The number of carbonyl (C=O) groups excluding carboxylic acids is 2. The Labute approximate surface area is 185 Å². The number of methoxy groups -OCH3 is 2. The molecule has 0 bridgehead atoms. The van der Waals surface area contributed by atoms with Gasteiger partial charge in [0.1, 0.15) is 17.3 Å². The number of halogens is 1. The molecular weight excluding hydrogens is 422 g/mol. The number of aromatic hydroxyl groups is 1. The van der Waals surface area contributed by atoms with Crippen LogP contribution >= 0.6 is 11.6 Å². The van der Waals surface area contributed by atoms with Crippen LogP contribution in [0.1, 0.15) is 29.2 Å². The summed E-state index contributed by atoms with van der Waals surface area (Å²) < 4.78 is 10.3. The molecule has 1 heterocycles. The molecule has 7 nitrogen and oxygen atoms in total. The number of ketones is 1. The van der Waals surface area contributed by atoms with Crippen LogP contribution in [-0.4, -0.2) is 54.2 Å². The molecule has 0 aliphatic carbocycles. The maximum Gasteiger partial charge on any atom is 0.295 e. The minimum Gasteiger partial charge on any atom is -0.507 e. The minimum absolute atomic E-state index is 0.0301. The summed E-state index contributed by atoms with van der Waals surface area (Å²) >= 11 is 6.09. The van der Waals surface area contributed by atoms with Crippen molar-refractivity contribution in [1.82, 2.24) is 4.90 Å². The van der Waals surface area contributed by atoms with Crippen molar-refractivity contribution in [3.63, 3.8) is 0 Å². The molecule has 31 heavy (non-hydrogen) atoms. The molecule has 0 aromatic heterocycles. The monoisotopic (exact) mass is 445 g/mol. The second kappa shape index (κ2) is 9.41. The largest absolute Gasteiger partial charge is 0.507 e. The third kappa shape index (κ3) is 4.38. The zero-order valence-corrected chi connectivity index (χ0v) is 18.3. The van der Waals surface area contributed by atoms with E-state index in [1.165, 1.54) is 24.1 Å². The number of aryl methyl sites for hydroxylation is 1. The molecular formula is C23H24ClNO6. The molecule has 1 aliphatic rings. The van der Waals surface area contributed by atoms with E-state index in [0.29, 0.717) is 35.5 Å². The summed E-state index contributed by atoms with van der Waals surface area (Å²) in [6.45, 7) is 2.43. The number of likely N-dealkylation sites (tertiary alicyclic amines) is 1. The van der Waals surface area contributed by atoms with Crippen LogP contribution in [0.15, 0.2) is 42.0 Å². The maximum atomic E-state index is 13.0. The summed E-state index contributed by atoms with van der Waals surface area (Å²) in [5.41, 5.74) is 1.58. The SMILES string of the molecule is COCCCN1C(=O)C(=O)/C(=C(\O)c2ccc(OC)cc2C)C1c1ccc(O)c(Cl)c1. The van der Waals surface area contributed by atoms with Crippen LogP contribution in [0.3, 0.4) is 0 Å². The molecule has 2 aromatic carbocycles. The van der Waals surface area contributed by atoms with E-state index in [9.17, 15) is 19.8 Å². The highest BCUT2D eigenvalue weighted by Gasteiger charge is 2.46. The molecule has 0 saturated carbocycles. The number of aliphatic hydroxyl groups is 1. The predicted octanol–water partition coefficient (Wildman–Crippen LogP) is 3.82. The number of phenolic OH excluding ortho intramolecular Hbond substituents is 1. The number of hydrogen-bond donors (Lipinski definition) is 2. The van der Waals surface area contributed by atoms with Crippen LogP contribution in [0.25, 0.3) is 5.76 Å². The summed E-state index contributed by atoms with van der Waals surface area (Å²) in [5.74, 6) is -1.28. The molecule has 164 valence electrons. The predicted molar refractivity (Wildman–Crippen MR) is 116 cm³/mol. The van der Waals surface area contributed by atoms with Gasteiger partial charge in [-0.2, -0.15) is 0 Å². The van der Waals surface area contributed by atoms with Crippen LogP contribution in [-0.2, 0) is 14.3 Å². The van der Waals surface area contributed by atoms with Crippen molar-refractivity contribution < 1.29 is 29.3 Å². The van der Waals surface area contributed by atoms with Gasteiger partial charge in [0.25, 0.3) is 11.7 Å². The zero-order valence-electron chi connectivity index (χ0n) is 17.5. The van der Waals surface area contributed by atoms with Crippen LogP contribution in [0.2, 0.25) is 5.02 Å². The van der Waals surface area contributed by atoms with Gasteiger partial charge >= 0.3 is 0 Å². The molecule has 2 aromatic rings. The first-order valence-corrected chi connectivity index (χ1v) is 10.1. The van der Waals surface area contributed by atoms with Crippen LogP contribution in [0.5, 0.6) is 11.5 Å². The number of carbonyl (C=O) groups is 2. The molecule has 3 rings (SSSR count). The fourth-order valence-corrected chi connectivity index (χ4v) is 3.89. The van der Waals surface area contributed by atoms with E-state index < -0.39 is 17.7 Å². The smallest absolute Gasteiger partial charge is 0.295 e. The molecule has 0 radical (unpaired) electrons. The lowest BCUT2D eigenvalue weighted by Gasteiger charge is -2.25. The first-order chi connectivity index (χ1) is 14.8. The van der Waals surface area contributed by atoms with Gasteiger partial charge in [0.05, 0.1) is 23.7 Å². The molecule has 1 unspecified atom stereocenters. The van der Waals surface area contributed by atoms with Crippen molar-refractivity contribution in [3.8, 4) is 11.5 Å². The van der Waals surface area contributed by atoms with Crippen molar-refractivity contribution in [2.75, 3.05) is 27.4 Å². The van der Waals surface area contributed by atoms with Gasteiger partial charge in [0.2, 0.25) is 0 Å². The third-order valence-corrected chi connectivity index (χ3v) is 5.57. The Bertz CT molecular complexity index is 1050. The quantitative estimate of drug-likeness (QED) is 0.291. The molecule has 1 aliphatic heterocycles. The van der Waals surface area contributed by atoms with Gasteiger partial charge in [-0.05, 0) is 54.8 Å². The molecule has 1 amide bonds. The van der Waals surface area contributed by atoms with Crippen molar-refractivity contribution in [2.24, 2.45) is 0 Å². The second-order valence-electron chi connectivity index (χ2n) is 7.23. The average Bonchev–Trinajstić information content (AvgIpc) is 3.00. The van der Waals surface area contributed by atoms with Gasteiger partial charge in [-0.15, -0.1) is 0 Å². The number of nitrogens with zero attached hydrogens (tertiary/aromatic N) is 1. The number of ether oxygens (including phenoxy) is 2. The fourth-order valence-electron chi connectivity index (χ4n) is 3.70. The van der Waals surface area contributed by atoms with Crippen molar-refractivity contribution in [3.05, 3.63) is 63.7 Å².